The maximum atomic E-state index is 14.1. The number of rotatable bonds is 7. The summed E-state index contributed by atoms with van der Waals surface area (Å²) in [6.45, 7) is 5.51. The maximum absolute atomic E-state index is 14.1. The number of benzene rings is 2. The van der Waals surface area contributed by atoms with Crippen LogP contribution in [0.3, 0.4) is 0 Å². The highest BCUT2D eigenvalue weighted by Gasteiger charge is 2.30. The number of aromatic nitrogens is 2. The Morgan fingerprint density at radius 1 is 1.18 bits per heavy atom. The maximum Gasteiger partial charge on any atom is 0.266 e. The van der Waals surface area contributed by atoms with Crippen molar-refractivity contribution in [2.75, 3.05) is 50.5 Å². The lowest BCUT2D eigenvalue weighted by Crippen LogP contribution is -2.43. The van der Waals surface area contributed by atoms with Crippen molar-refractivity contribution >= 4 is 66.4 Å². The molecule has 38 heavy (non-hydrogen) atoms. The van der Waals surface area contributed by atoms with Crippen LogP contribution >= 0.6 is 35.3 Å². The van der Waals surface area contributed by atoms with Gasteiger partial charge in [0, 0.05) is 38.0 Å². The molecule has 1 aliphatic heterocycles. The average Bonchev–Trinajstić information content (AvgIpc) is 3.47. The summed E-state index contributed by atoms with van der Waals surface area (Å²) in [7, 11) is -3.38. The van der Waals surface area contributed by atoms with Crippen molar-refractivity contribution in [2.24, 2.45) is 0 Å². The van der Waals surface area contributed by atoms with E-state index in [0.717, 1.165) is 13.1 Å². The Kier molecular flexibility index (Phi) is 8.75. The Morgan fingerprint density at radius 2 is 1.92 bits per heavy atom. The number of anilines is 1. The van der Waals surface area contributed by atoms with Gasteiger partial charge in [0.2, 0.25) is 0 Å². The second kappa shape index (κ2) is 11.7. The lowest BCUT2D eigenvalue weighted by atomic mass is 10.1. The molecule has 0 spiro atoms. The number of sulfone groups is 1. The molecule has 4 aromatic rings. The van der Waals surface area contributed by atoms with E-state index < -0.39 is 9.84 Å². The molecule has 1 aliphatic rings. The predicted molar refractivity (Wildman–Crippen MR) is 151 cm³/mol. The molecule has 0 N–H and O–H groups in total. The van der Waals surface area contributed by atoms with Gasteiger partial charge < -0.3 is 9.26 Å². The quantitative estimate of drug-likeness (QED) is 0.302. The van der Waals surface area contributed by atoms with Crippen molar-refractivity contribution in [2.45, 2.75) is 11.8 Å². The number of nitrogens with zero attached hydrogens (tertiary/aromatic N) is 4. The number of hydrogen-bond acceptors (Lipinski definition) is 9. The first-order valence-corrected chi connectivity index (χ1v) is 14.7. The van der Waals surface area contributed by atoms with Crippen molar-refractivity contribution < 1.29 is 22.5 Å². The monoisotopic (exact) mass is 596 g/mol. The number of hydrogen-bond donors (Lipinski definition) is 0. The van der Waals surface area contributed by atoms with E-state index in [-0.39, 0.29) is 23.2 Å². The van der Waals surface area contributed by atoms with E-state index in [1.54, 1.807) is 42.2 Å². The average molecular weight is 598 g/mol. The molecule has 1 amide bonds. The zero-order valence-electron chi connectivity index (χ0n) is 20.7. The van der Waals surface area contributed by atoms with Crippen LogP contribution in [0.15, 0.2) is 51.9 Å². The second-order valence-electron chi connectivity index (χ2n) is 8.75. The van der Waals surface area contributed by atoms with Gasteiger partial charge in [0.25, 0.3) is 5.91 Å². The smallest absolute Gasteiger partial charge is 0.266 e. The van der Waals surface area contributed by atoms with Crippen LogP contribution in [0, 0.1) is 6.92 Å². The number of carbonyl (C=O) groups excluding carboxylic acids is 1. The Balaban J connectivity index is 0.00000336. The molecule has 0 bridgehead atoms. The van der Waals surface area contributed by atoms with Crippen molar-refractivity contribution in [3.8, 4) is 11.3 Å². The van der Waals surface area contributed by atoms with Gasteiger partial charge in [-0.05, 0) is 31.2 Å². The molecule has 13 heteroatoms. The summed E-state index contributed by atoms with van der Waals surface area (Å²) in [5, 5.41) is 5.08. The van der Waals surface area contributed by atoms with Gasteiger partial charge in [-0.15, -0.1) is 12.4 Å². The molecule has 0 aliphatic carbocycles. The Labute approximate surface area is 235 Å². The largest absolute Gasteiger partial charge is 0.379 e. The van der Waals surface area contributed by atoms with E-state index in [0.29, 0.717) is 69.3 Å². The van der Waals surface area contributed by atoms with Gasteiger partial charge in [-0.25, -0.2) is 13.4 Å². The SMILES string of the molecule is Cc1onc(-c2ccccc2Cl)c1C(=O)N(CCN1CCOCC1)c1nc2ccc(S(C)(=O)=O)cc2s1.Cl. The molecule has 0 atom stereocenters. The molecule has 0 unspecified atom stereocenters. The number of amides is 1. The predicted octanol–water partition coefficient (Wildman–Crippen LogP) is 4.72. The highest BCUT2D eigenvalue weighted by Crippen LogP contribution is 2.35. The van der Waals surface area contributed by atoms with Gasteiger partial charge in [-0.1, -0.05) is 46.3 Å². The fourth-order valence-electron chi connectivity index (χ4n) is 4.19. The highest BCUT2D eigenvalue weighted by atomic mass is 35.5. The lowest BCUT2D eigenvalue weighted by molar-refractivity contribution is 0.0391. The zero-order valence-corrected chi connectivity index (χ0v) is 23.9. The topological polar surface area (TPSA) is 106 Å². The first kappa shape index (κ1) is 28.5. The summed E-state index contributed by atoms with van der Waals surface area (Å²) in [5.74, 6) is 0.0566. The van der Waals surface area contributed by atoms with Crippen LogP contribution < -0.4 is 4.90 Å². The van der Waals surface area contributed by atoms with Gasteiger partial charge in [-0.3, -0.25) is 14.6 Å². The summed E-state index contributed by atoms with van der Waals surface area (Å²) in [6.07, 6.45) is 1.17. The molecule has 0 saturated carbocycles. The van der Waals surface area contributed by atoms with Crippen LogP contribution in [0.1, 0.15) is 16.1 Å². The van der Waals surface area contributed by atoms with Gasteiger partial charge >= 0.3 is 0 Å². The standard InChI is InChI=1S/C25H25ClN4O5S2.ClH/c1-16-22(23(28-35-16)18-5-3-4-6-19(18)26)24(31)30(10-9-29-11-13-34-14-12-29)25-27-20-8-7-17(37(2,32)33)15-21(20)36-25;/h3-8,15H,9-14H2,1-2H3;1H. The van der Waals surface area contributed by atoms with E-state index in [1.165, 1.54) is 23.7 Å². The Morgan fingerprint density at radius 3 is 2.63 bits per heavy atom. The van der Waals surface area contributed by atoms with E-state index >= 15 is 0 Å². The third kappa shape index (κ3) is 5.88. The van der Waals surface area contributed by atoms with E-state index in [9.17, 15) is 13.2 Å². The molecule has 2 aromatic heterocycles. The number of morpholine rings is 1. The Bertz CT molecular complexity index is 1560. The summed E-state index contributed by atoms with van der Waals surface area (Å²) in [5.41, 5.74) is 1.89. The first-order chi connectivity index (χ1) is 17.7. The van der Waals surface area contributed by atoms with Crippen molar-refractivity contribution in [3.63, 3.8) is 0 Å². The number of halogens is 2. The molecule has 9 nitrogen and oxygen atoms in total. The minimum atomic E-state index is -3.38. The molecular formula is C25H26Cl2N4O5S2. The minimum Gasteiger partial charge on any atom is -0.379 e. The Hall–Kier alpha value is -2.54. The van der Waals surface area contributed by atoms with Crippen LogP contribution in [0.25, 0.3) is 21.5 Å². The van der Waals surface area contributed by atoms with Crippen LogP contribution in [0.2, 0.25) is 5.02 Å². The summed E-state index contributed by atoms with van der Waals surface area (Å²) < 4.78 is 35.7. The molecule has 2 aromatic carbocycles. The molecule has 0 radical (unpaired) electrons. The molecular weight excluding hydrogens is 571 g/mol. The van der Waals surface area contributed by atoms with Crippen LogP contribution in [0.4, 0.5) is 5.13 Å². The minimum absolute atomic E-state index is 0. The van der Waals surface area contributed by atoms with E-state index in [4.69, 9.17) is 20.9 Å². The normalized spacial score (nSPS) is 14.4. The van der Waals surface area contributed by atoms with Gasteiger partial charge in [0.05, 0.1) is 33.3 Å². The number of fused-ring (bicyclic) bond motifs is 1. The molecule has 3 heterocycles. The summed E-state index contributed by atoms with van der Waals surface area (Å²) in [4.78, 5) is 22.9. The third-order valence-corrected chi connectivity index (χ3v) is 8.68. The van der Waals surface area contributed by atoms with Gasteiger partial charge in [0.1, 0.15) is 17.0 Å². The van der Waals surface area contributed by atoms with Crippen LogP contribution in [0.5, 0.6) is 0 Å². The van der Waals surface area contributed by atoms with Gasteiger partial charge in [-0.2, -0.15) is 0 Å². The number of aryl methyl sites for hydroxylation is 1. The van der Waals surface area contributed by atoms with Crippen LogP contribution in [-0.2, 0) is 14.6 Å². The van der Waals surface area contributed by atoms with Crippen molar-refractivity contribution in [1.29, 1.82) is 0 Å². The number of thiazole rings is 1. The number of carbonyl (C=O) groups is 1. The lowest BCUT2D eigenvalue weighted by Gasteiger charge is -2.29. The zero-order chi connectivity index (χ0) is 26.2. The summed E-state index contributed by atoms with van der Waals surface area (Å²) in [6, 6.07) is 11.9. The van der Waals surface area contributed by atoms with Crippen molar-refractivity contribution in [1.82, 2.24) is 15.0 Å². The highest BCUT2D eigenvalue weighted by molar-refractivity contribution is 7.90. The van der Waals surface area contributed by atoms with Gasteiger partial charge in [0.15, 0.2) is 15.0 Å². The molecule has 1 saturated heterocycles. The molecule has 1 fully saturated rings. The van der Waals surface area contributed by atoms with E-state index in [2.05, 4.69) is 15.0 Å². The van der Waals surface area contributed by atoms with E-state index in [1.807, 2.05) is 6.07 Å². The summed E-state index contributed by atoms with van der Waals surface area (Å²) >= 11 is 7.69. The van der Waals surface area contributed by atoms with Crippen molar-refractivity contribution in [3.05, 3.63) is 58.8 Å². The number of ether oxygens (including phenoxy) is 1. The second-order valence-corrected chi connectivity index (χ2v) is 12.2. The fraction of sp³-hybridized carbons (Fsp3) is 0.320. The molecule has 202 valence electrons. The third-order valence-electron chi connectivity index (χ3n) is 6.20. The molecule has 5 rings (SSSR count). The first-order valence-electron chi connectivity index (χ1n) is 11.7. The van der Waals surface area contributed by atoms with Crippen LogP contribution in [-0.4, -0.2) is 75.0 Å². The fourth-order valence-corrected chi connectivity index (χ4v) is 6.16.